The lowest BCUT2D eigenvalue weighted by Gasteiger charge is -2.34. The van der Waals surface area contributed by atoms with Crippen molar-refractivity contribution in [1.82, 2.24) is 29.8 Å². The van der Waals surface area contributed by atoms with Crippen molar-refractivity contribution in [2.75, 3.05) is 39.3 Å². The van der Waals surface area contributed by atoms with E-state index in [-0.39, 0.29) is 81.9 Å². The number of carboxylic acid groups (broad SMARTS) is 2. The summed E-state index contributed by atoms with van der Waals surface area (Å²) in [7, 11) is -1.32. The second-order valence-electron chi connectivity index (χ2n) is 23.4. The van der Waals surface area contributed by atoms with Gasteiger partial charge < -0.3 is 93.1 Å². The third-order valence-electron chi connectivity index (χ3n) is 16.9. The van der Waals surface area contributed by atoms with Gasteiger partial charge in [-0.25, -0.2) is 0 Å². The lowest BCUT2D eigenvalue weighted by atomic mass is 9.62. The highest BCUT2D eigenvalue weighted by molar-refractivity contribution is 7.81. The first-order valence-electron chi connectivity index (χ1n) is 30.0. The summed E-state index contributed by atoms with van der Waals surface area (Å²) in [4.78, 5) is 34.9. The van der Waals surface area contributed by atoms with Crippen LogP contribution in [0, 0.1) is 5.92 Å². The van der Waals surface area contributed by atoms with Crippen LogP contribution >= 0.6 is 61.1 Å². The number of carboxylic acids is 2. The minimum atomic E-state index is -1.32. The monoisotopic (exact) mass is 1240 g/mol. The van der Waals surface area contributed by atoms with Crippen molar-refractivity contribution in [3.8, 4) is 0 Å². The summed E-state index contributed by atoms with van der Waals surface area (Å²) in [6.07, 6.45) is 20.0. The summed E-state index contributed by atoms with van der Waals surface area (Å²) in [5, 5.41) is 77.9. The molecule has 0 unspecified atom stereocenters. The number of carbonyl (C=O) groups is 2. The predicted molar refractivity (Wildman–Crippen MR) is 357 cm³/mol. The second-order valence-corrected chi connectivity index (χ2v) is 25.5. The van der Waals surface area contributed by atoms with Gasteiger partial charge >= 0.3 is 46.7 Å². The average Bonchev–Trinajstić information content (AvgIpc) is 4.49. The number of nitrogens with one attached hydrogen (secondary N) is 1. The molecule has 466 valence electrons. The molecule has 0 aromatic rings. The number of thiocarbonyl (C=S) groups is 5. The van der Waals surface area contributed by atoms with Crippen LogP contribution < -0.4 is 28.3 Å². The van der Waals surface area contributed by atoms with Gasteiger partial charge in [0.1, 0.15) is 0 Å². The summed E-state index contributed by atoms with van der Waals surface area (Å²) in [6, 6.07) is -0.521. The van der Waals surface area contributed by atoms with Gasteiger partial charge in [-0.1, -0.05) is 115 Å². The lowest BCUT2D eigenvalue weighted by molar-refractivity contribution is -0.138. The van der Waals surface area contributed by atoms with Gasteiger partial charge in [0.25, 0.3) is 0 Å². The van der Waals surface area contributed by atoms with Gasteiger partial charge in [0, 0.05) is 69.3 Å². The minimum Gasteiger partial charge on any atom is -0.481 e. The van der Waals surface area contributed by atoms with Gasteiger partial charge in [-0.3, -0.25) is 9.59 Å². The van der Waals surface area contributed by atoms with Gasteiger partial charge in [-0.05, 0) is 129 Å². The SMILES string of the molecule is C.CB(O)[C@@H]1CCCN1C(=S)[C@@H](N)CCC(=O)O.CB(O)[C@@H]1CCCN1C(=S)[C@@H](N)CCCC(=O)O.CB(O)[C@@H]1CCCN1C(=S)[C@@H]1CCCN1.CB(O)[C@@H]1CCCN1C(=S)[C@H](C)N.N[C@H](C(=S)N1CCC[C@H]1B(O)O)C1CCCCC1. The summed E-state index contributed by atoms with van der Waals surface area (Å²) in [5.41, 5.74) is 23.9. The van der Waals surface area contributed by atoms with Crippen molar-refractivity contribution in [3.63, 3.8) is 0 Å². The van der Waals surface area contributed by atoms with Crippen molar-refractivity contribution in [2.24, 2.45) is 28.9 Å². The summed E-state index contributed by atoms with van der Waals surface area (Å²) in [5.74, 6) is -0.942. The molecule has 82 heavy (non-hydrogen) atoms. The molecule has 1 saturated carbocycles. The number of hydrogen-bond acceptors (Lipinski definition) is 18. The highest BCUT2D eigenvalue weighted by Crippen LogP contribution is 2.30. The fraction of sp³-hybridized carbons (Fsp3) is 0.865. The van der Waals surface area contributed by atoms with Crippen LogP contribution in [0.5, 0.6) is 0 Å². The van der Waals surface area contributed by atoms with Crippen molar-refractivity contribution >= 4 is 133 Å². The molecule has 6 aliphatic heterocycles. The van der Waals surface area contributed by atoms with Gasteiger partial charge in [-0.15, -0.1) is 0 Å². The Balaban J connectivity index is 0.000000351. The van der Waals surface area contributed by atoms with Crippen molar-refractivity contribution < 1.29 is 49.9 Å². The fourth-order valence-electron chi connectivity index (χ4n) is 12.3. The van der Waals surface area contributed by atoms with Crippen molar-refractivity contribution in [3.05, 3.63) is 0 Å². The van der Waals surface area contributed by atoms with Gasteiger partial charge in [0.15, 0.2) is 0 Å². The largest absolute Gasteiger partial charge is 0.481 e. The molecular formula is C52H103B5N10O10S5. The fourth-order valence-corrected chi connectivity index (χ4v) is 14.1. The Kier molecular flexibility index (Phi) is 36.5. The standard InChI is InChI=1S/C12H23BN2O2S.C11H21BN2O3S.C10H19BN2O3S.C10H19BN2OS.C8H17BN2OS.CH4/c14-11(9-5-2-1-3-6-9)12(18)15-8-4-7-10(15)13(16)17;1-12(17)9-5-3-7-14(9)11(18)8(13)4-2-6-10(15)16;1-11(16)8-3-2-6-13(8)10(17)7(12)4-5-9(14)15;1-11(14)9-5-3-7-13(9)10(15)8-4-2-6-12-8;1-6(10)8(13)11-5-3-4-7(11)9(2)12;/h9-11,16-17H,1-8,14H2;8-9,17H,2-7,13H2,1H3,(H,15,16);7-8,16H,2-6,12H2,1H3,(H,14,15);8-9,12,14H,2-7H2,1H3;6-7,12H,3-5,10H2,1-2H3;1H4/t10-,11-;8-,9-;7-,8-;8-,9-;6-,7-;/m00000./s1. The van der Waals surface area contributed by atoms with E-state index < -0.39 is 38.9 Å². The Labute approximate surface area is 520 Å². The third kappa shape index (κ3) is 24.4. The molecule has 6 saturated heterocycles. The Morgan fingerprint density at radius 1 is 0.500 bits per heavy atom. The molecule has 0 amide bonds. The summed E-state index contributed by atoms with van der Waals surface area (Å²) in [6.45, 7) is 13.1. The quantitative estimate of drug-likeness (QED) is 0.0693. The normalized spacial score (nSPS) is 24.5. The molecule has 10 atom stereocenters. The van der Waals surface area contributed by atoms with Crippen LogP contribution in [0.25, 0.3) is 0 Å². The van der Waals surface area contributed by atoms with Gasteiger partial charge in [-0.2, -0.15) is 0 Å². The summed E-state index contributed by atoms with van der Waals surface area (Å²) < 4.78 is 0. The zero-order valence-corrected chi connectivity index (χ0v) is 53.1. The number of hydrogen-bond donors (Lipinski definition) is 13. The molecule has 17 N–H and O–H groups in total. The van der Waals surface area contributed by atoms with Crippen LogP contribution in [0.1, 0.15) is 156 Å². The van der Waals surface area contributed by atoms with E-state index in [2.05, 4.69) is 15.1 Å². The predicted octanol–water partition coefficient (Wildman–Crippen LogP) is 2.93. The molecule has 7 aliphatic rings. The van der Waals surface area contributed by atoms with E-state index in [1.807, 2.05) is 35.3 Å². The maximum atomic E-state index is 10.5. The van der Waals surface area contributed by atoms with Crippen LogP contribution in [0.4, 0.5) is 0 Å². The van der Waals surface area contributed by atoms with E-state index >= 15 is 0 Å². The molecule has 0 spiro atoms. The van der Waals surface area contributed by atoms with E-state index in [9.17, 15) is 39.7 Å². The number of likely N-dealkylation sites (tertiary alicyclic amines) is 5. The van der Waals surface area contributed by atoms with Gasteiger partial charge in [0.2, 0.25) is 0 Å². The van der Waals surface area contributed by atoms with Crippen LogP contribution in [-0.4, -0.2) is 236 Å². The molecular weight excluding hydrogens is 1140 g/mol. The Hall–Kier alpha value is -1.73. The first-order valence-corrected chi connectivity index (χ1v) is 32.1. The smallest absolute Gasteiger partial charge is 0.475 e. The van der Waals surface area contributed by atoms with E-state index in [4.69, 9.17) is 94.2 Å². The zero-order chi connectivity index (χ0) is 60.7. The Morgan fingerprint density at radius 2 is 0.878 bits per heavy atom. The number of nitrogens with zero attached hydrogens (tertiary/aromatic N) is 5. The Morgan fingerprint density at radius 3 is 1.26 bits per heavy atom. The highest BCUT2D eigenvalue weighted by atomic mass is 32.1. The first-order chi connectivity index (χ1) is 38.2. The second kappa shape index (κ2) is 39.2. The molecule has 0 aromatic heterocycles. The first kappa shape index (κ1) is 76.4. The molecule has 0 radical (unpaired) electrons. The van der Waals surface area contributed by atoms with Gasteiger partial charge in [0.05, 0.1) is 61.1 Å². The van der Waals surface area contributed by atoms with Crippen LogP contribution in [0.3, 0.4) is 0 Å². The molecule has 1 aliphatic carbocycles. The van der Waals surface area contributed by atoms with E-state index in [1.54, 1.807) is 13.6 Å². The highest BCUT2D eigenvalue weighted by Gasteiger charge is 2.40. The summed E-state index contributed by atoms with van der Waals surface area (Å²) >= 11 is 26.9. The zero-order valence-electron chi connectivity index (χ0n) is 49.0. The topological polar surface area (TPSA) is 328 Å². The molecule has 0 bridgehead atoms. The molecule has 7 fully saturated rings. The van der Waals surface area contributed by atoms with E-state index in [0.717, 1.165) is 138 Å². The van der Waals surface area contributed by atoms with Crippen molar-refractivity contribution in [1.29, 1.82) is 0 Å². The van der Waals surface area contributed by atoms with E-state index in [0.29, 0.717) is 41.2 Å². The average molecular weight is 1240 g/mol. The van der Waals surface area contributed by atoms with Crippen LogP contribution in [0.15, 0.2) is 0 Å². The minimum absolute atomic E-state index is 0. The van der Waals surface area contributed by atoms with Crippen LogP contribution in [0.2, 0.25) is 27.3 Å². The van der Waals surface area contributed by atoms with Crippen LogP contribution in [-0.2, 0) is 9.59 Å². The molecule has 0 aromatic carbocycles. The third-order valence-corrected chi connectivity index (χ3v) is 19.6. The Bertz CT molecular complexity index is 1980. The maximum absolute atomic E-state index is 10.5. The molecule has 6 heterocycles. The van der Waals surface area contributed by atoms with E-state index in [1.165, 1.54) is 25.7 Å². The lowest BCUT2D eigenvalue weighted by Crippen LogP contribution is -2.52. The van der Waals surface area contributed by atoms with Crippen molar-refractivity contribution in [2.45, 2.75) is 243 Å². The number of aliphatic carboxylic acids is 2. The molecule has 20 nitrogen and oxygen atoms in total. The number of nitrogens with two attached hydrogens (primary N) is 4. The maximum Gasteiger partial charge on any atom is 0.475 e. The molecule has 7 rings (SSSR count). The molecule has 30 heteroatoms. The number of rotatable bonds is 18.